The smallest absolute Gasteiger partial charge is 0.0374 e. The van der Waals surface area contributed by atoms with Gasteiger partial charge in [-0.3, -0.25) is 0 Å². The van der Waals surface area contributed by atoms with Crippen molar-refractivity contribution in [1.29, 1.82) is 0 Å². The van der Waals surface area contributed by atoms with Crippen molar-refractivity contribution >= 4 is 0 Å². The average Bonchev–Trinajstić information content (AvgIpc) is 2.19. The van der Waals surface area contributed by atoms with Crippen molar-refractivity contribution < 1.29 is 0 Å². The van der Waals surface area contributed by atoms with Crippen LogP contribution in [0.5, 0.6) is 0 Å². The number of hydrogen-bond donors (Lipinski definition) is 1. The van der Waals surface area contributed by atoms with E-state index in [0.717, 1.165) is 6.42 Å². The summed E-state index contributed by atoms with van der Waals surface area (Å²) in [4.78, 5) is 0. The van der Waals surface area contributed by atoms with Crippen molar-refractivity contribution in [3.05, 3.63) is 17.9 Å². The molecule has 1 atom stereocenters. The highest BCUT2D eigenvalue weighted by Gasteiger charge is 2.23. The highest BCUT2D eigenvalue weighted by molar-refractivity contribution is 5.25. The molecule has 0 aromatic carbocycles. The van der Waals surface area contributed by atoms with Gasteiger partial charge in [-0.25, -0.2) is 0 Å². The van der Waals surface area contributed by atoms with Gasteiger partial charge >= 0.3 is 0 Å². The molecular formula is C5H7N. The Balaban J connectivity index is 2.67. The van der Waals surface area contributed by atoms with Gasteiger partial charge in [0, 0.05) is 6.04 Å². The van der Waals surface area contributed by atoms with E-state index in [2.05, 4.69) is 12.3 Å². The van der Waals surface area contributed by atoms with Crippen LogP contribution in [0.15, 0.2) is 17.9 Å². The normalized spacial score (nSPS) is 29.5. The van der Waals surface area contributed by atoms with Crippen molar-refractivity contribution in [3.8, 4) is 0 Å². The molecule has 0 heterocycles. The Kier molecular flexibility index (Phi) is 0.592. The van der Waals surface area contributed by atoms with E-state index in [4.69, 9.17) is 5.73 Å². The van der Waals surface area contributed by atoms with Crippen LogP contribution in [0.4, 0.5) is 0 Å². The Hall–Kier alpha value is -0.520. The van der Waals surface area contributed by atoms with Gasteiger partial charge in [0.25, 0.3) is 0 Å². The molecule has 1 unspecified atom stereocenters. The highest BCUT2D eigenvalue weighted by atomic mass is 14.7. The summed E-state index contributed by atoms with van der Waals surface area (Å²) >= 11 is 0. The van der Waals surface area contributed by atoms with Crippen molar-refractivity contribution in [2.45, 2.75) is 12.5 Å². The van der Waals surface area contributed by atoms with Crippen LogP contribution in [0.25, 0.3) is 0 Å². The minimum absolute atomic E-state index is 0.308. The predicted molar refractivity (Wildman–Crippen MR) is 25.2 cm³/mol. The van der Waals surface area contributed by atoms with E-state index < -0.39 is 0 Å². The van der Waals surface area contributed by atoms with Gasteiger partial charge in [0.05, 0.1) is 0 Å². The van der Waals surface area contributed by atoms with Crippen LogP contribution >= 0.6 is 0 Å². The molecule has 6 heavy (non-hydrogen) atoms. The molecule has 1 saturated carbocycles. The van der Waals surface area contributed by atoms with Crippen molar-refractivity contribution in [3.63, 3.8) is 0 Å². The summed E-state index contributed by atoms with van der Waals surface area (Å²) in [5.41, 5.74) is 9.24. The SMILES string of the molecule is C=C=C1CC1N. The second kappa shape index (κ2) is 0.970. The molecule has 32 valence electrons. The first kappa shape index (κ1) is 3.66. The van der Waals surface area contributed by atoms with Crippen molar-refractivity contribution in [2.75, 3.05) is 0 Å². The summed E-state index contributed by atoms with van der Waals surface area (Å²) < 4.78 is 0. The Bertz CT molecular complexity index is 109. The summed E-state index contributed by atoms with van der Waals surface area (Å²) in [6.07, 6.45) is 1.02. The zero-order chi connectivity index (χ0) is 4.57. The molecule has 0 bridgehead atoms. The van der Waals surface area contributed by atoms with E-state index in [1.54, 1.807) is 0 Å². The molecule has 0 spiro atoms. The second-order valence-electron chi connectivity index (χ2n) is 1.51. The lowest BCUT2D eigenvalue weighted by Gasteiger charge is -1.61. The Morgan fingerprint density at radius 2 is 2.50 bits per heavy atom. The molecular weight excluding hydrogens is 74.1 g/mol. The third-order valence-corrected chi connectivity index (χ3v) is 0.954. The van der Waals surface area contributed by atoms with Crippen LogP contribution in [0.3, 0.4) is 0 Å². The summed E-state index contributed by atoms with van der Waals surface area (Å²) in [7, 11) is 0. The Morgan fingerprint density at radius 1 is 2.00 bits per heavy atom. The standard InChI is InChI=1S/C5H7N/c1-2-4-3-5(4)6/h5H,1,3,6H2. The molecule has 0 amide bonds. The molecule has 1 aliphatic carbocycles. The monoisotopic (exact) mass is 81.1 g/mol. The van der Waals surface area contributed by atoms with Gasteiger partial charge in [0.15, 0.2) is 0 Å². The number of hydrogen-bond acceptors (Lipinski definition) is 1. The minimum atomic E-state index is 0.308. The number of rotatable bonds is 0. The van der Waals surface area contributed by atoms with Crippen LogP contribution in [0.1, 0.15) is 6.42 Å². The van der Waals surface area contributed by atoms with Gasteiger partial charge in [-0.1, -0.05) is 6.58 Å². The molecule has 0 aliphatic heterocycles. The largest absolute Gasteiger partial charge is 0.323 e. The highest BCUT2D eigenvalue weighted by Crippen LogP contribution is 2.23. The molecule has 0 aromatic heterocycles. The molecule has 1 rings (SSSR count). The van der Waals surface area contributed by atoms with Crippen LogP contribution in [-0.2, 0) is 0 Å². The summed E-state index contributed by atoms with van der Waals surface area (Å²) in [5.74, 6) is 0. The second-order valence-corrected chi connectivity index (χ2v) is 1.51. The Morgan fingerprint density at radius 3 is 2.50 bits per heavy atom. The van der Waals surface area contributed by atoms with E-state index in [-0.39, 0.29) is 0 Å². The van der Waals surface area contributed by atoms with Gasteiger partial charge < -0.3 is 5.73 Å². The van der Waals surface area contributed by atoms with Crippen LogP contribution in [0, 0.1) is 0 Å². The minimum Gasteiger partial charge on any atom is -0.323 e. The fraction of sp³-hybridized carbons (Fsp3) is 0.400. The fourth-order valence-electron chi connectivity index (χ4n) is 0.381. The zero-order valence-corrected chi connectivity index (χ0v) is 3.57. The van der Waals surface area contributed by atoms with Crippen LogP contribution in [0.2, 0.25) is 0 Å². The molecule has 1 fully saturated rings. The summed E-state index contributed by atoms with van der Waals surface area (Å²) in [6, 6.07) is 0.308. The third kappa shape index (κ3) is 0.383. The first-order chi connectivity index (χ1) is 2.84. The van der Waals surface area contributed by atoms with Crippen LogP contribution < -0.4 is 5.73 Å². The summed E-state index contributed by atoms with van der Waals surface area (Å²) in [6.45, 7) is 3.43. The van der Waals surface area contributed by atoms with Crippen molar-refractivity contribution in [2.24, 2.45) is 5.73 Å². The molecule has 2 N–H and O–H groups in total. The van der Waals surface area contributed by atoms with Gasteiger partial charge in [0.2, 0.25) is 0 Å². The first-order valence-corrected chi connectivity index (χ1v) is 1.99. The maximum absolute atomic E-state index is 5.34. The zero-order valence-electron chi connectivity index (χ0n) is 3.57. The van der Waals surface area contributed by atoms with Gasteiger partial charge in [-0.2, -0.15) is 0 Å². The van der Waals surface area contributed by atoms with E-state index in [1.807, 2.05) is 0 Å². The van der Waals surface area contributed by atoms with Crippen LogP contribution in [-0.4, -0.2) is 6.04 Å². The summed E-state index contributed by atoms with van der Waals surface area (Å²) in [5, 5.41) is 0. The average molecular weight is 81.1 g/mol. The predicted octanol–water partition coefficient (Wildman–Crippen LogP) is 0.429. The van der Waals surface area contributed by atoms with E-state index in [9.17, 15) is 0 Å². The maximum atomic E-state index is 5.34. The van der Waals surface area contributed by atoms with E-state index >= 15 is 0 Å². The lowest BCUT2D eigenvalue weighted by Crippen LogP contribution is -1.95. The van der Waals surface area contributed by atoms with Gasteiger partial charge in [-0.05, 0) is 12.0 Å². The quantitative estimate of drug-likeness (QED) is 0.420. The molecule has 0 aromatic rings. The van der Waals surface area contributed by atoms with E-state index in [1.165, 1.54) is 5.57 Å². The molecule has 0 saturated heterocycles. The third-order valence-electron chi connectivity index (χ3n) is 0.954. The first-order valence-electron chi connectivity index (χ1n) is 1.99. The fourth-order valence-corrected chi connectivity index (χ4v) is 0.381. The molecule has 1 heteroatoms. The topological polar surface area (TPSA) is 26.0 Å². The molecule has 1 nitrogen and oxygen atoms in total. The maximum Gasteiger partial charge on any atom is 0.0374 e. The lowest BCUT2D eigenvalue weighted by atomic mass is 10.6. The van der Waals surface area contributed by atoms with Crippen molar-refractivity contribution in [1.82, 2.24) is 0 Å². The van der Waals surface area contributed by atoms with Gasteiger partial charge in [0.1, 0.15) is 0 Å². The lowest BCUT2D eigenvalue weighted by molar-refractivity contribution is 1.10. The molecule has 1 aliphatic rings. The van der Waals surface area contributed by atoms with Gasteiger partial charge in [-0.15, -0.1) is 5.73 Å². The molecule has 0 radical (unpaired) electrons. The Labute approximate surface area is 37.2 Å². The van der Waals surface area contributed by atoms with E-state index in [0.29, 0.717) is 6.04 Å². The number of nitrogens with two attached hydrogens (primary N) is 1.